The van der Waals surface area contributed by atoms with E-state index in [-0.39, 0.29) is 0 Å². The number of aliphatic carboxylic acids is 1. The topological polar surface area (TPSA) is 49.3 Å². The SMILES string of the molecule is CC#CCCNC/C=C/C(=O)O. The van der Waals surface area contributed by atoms with Crippen LogP contribution in [0.15, 0.2) is 12.2 Å². The van der Waals surface area contributed by atoms with Crippen LogP contribution >= 0.6 is 0 Å². The molecule has 0 aromatic carbocycles. The number of hydrogen-bond donors (Lipinski definition) is 2. The fourth-order valence-corrected chi connectivity index (χ4v) is 0.621. The van der Waals surface area contributed by atoms with Crippen molar-refractivity contribution in [3.05, 3.63) is 12.2 Å². The van der Waals surface area contributed by atoms with Crippen molar-refractivity contribution in [2.24, 2.45) is 0 Å². The molecule has 12 heavy (non-hydrogen) atoms. The molecular weight excluding hydrogens is 154 g/mol. The van der Waals surface area contributed by atoms with Gasteiger partial charge in [0.2, 0.25) is 0 Å². The molecule has 0 rings (SSSR count). The van der Waals surface area contributed by atoms with Crippen molar-refractivity contribution >= 4 is 5.97 Å². The van der Waals surface area contributed by atoms with Crippen LogP contribution in [0.5, 0.6) is 0 Å². The van der Waals surface area contributed by atoms with Gasteiger partial charge in [-0.1, -0.05) is 6.08 Å². The van der Waals surface area contributed by atoms with Crippen molar-refractivity contribution in [3.8, 4) is 11.8 Å². The summed E-state index contributed by atoms with van der Waals surface area (Å²) in [5, 5.41) is 11.2. The van der Waals surface area contributed by atoms with Gasteiger partial charge in [-0.2, -0.15) is 0 Å². The molecule has 0 aromatic heterocycles. The second-order valence-electron chi connectivity index (χ2n) is 2.12. The van der Waals surface area contributed by atoms with Gasteiger partial charge < -0.3 is 10.4 Å². The Morgan fingerprint density at radius 3 is 3.00 bits per heavy atom. The van der Waals surface area contributed by atoms with E-state index in [9.17, 15) is 4.79 Å². The molecule has 0 aromatic rings. The van der Waals surface area contributed by atoms with E-state index >= 15 is 0 Å². The molecule has 0 aliphatic heterocycles. The summed E-state index contributed by atoms with van der Waals surface area (Å²) >= 11 is 0. The Morgan fingerprint density at radius 2 is 2.42 bits per heavy atom. The number of carboxylic acid groups (broad SMARTS) is 1. The van der Waals surface area contributed by atoms with Gasteiger partial charge in [-0.25, -0.2) is 4.79 Å². The van der Waals surface area contributed by atoms with Crippen LogP contribution in [0.2, 0.25) is 0 Å². The van der Waals surface area contributed by atoms with Crippen molar-refractivity contribution in [1.29, 1.82) is 0 Å². The maximum absolute atomic E-state index is 10.00. The molecule has 3 heteroatoms. The minimum atomic E-state index is -0.912. The fraction of sp³-hybridized carbons (Fsp3) is 0.444. The van der Waals surface area contributed by atoms with Crippen LogP contribution in [0.1, 0.15) is 13.3 Å². The quantitative estimate of drug-likeness (QED) is 0.359. The van der Waals surface area contributed by atoms with Crippen LogP contribution in [-0.4, -0.2) is 24.2 Å². The minimum Gasteiger partial charge on any atom is -0.478 e. The van der Waals surface area contributed by atoms with E-state index in [0.29, 0.717) is 6.54 Å². The highest BCUT2D eigenvalue weighted by Gasteiger charge is 1.84. The Kier molecular flexibility index (Phi) is 7.00. The Morgan fingerprint density at radius 1 is 1.67 bits per heavy atom. The maximum atomic E-state index is 10.00. The zero-order chi connectivity index (χ0) is 9.23. The molecule has 0 saturated carbocycles. The summed E-state index contributed by atoms with van der Waals surface area (Å²) in [6.45, 7) is 3.17. The second kappa shape index (κ2) is 7.83. The van der Waals surface area contributed by atoms with Crippen LogP contribution in [0.4, 0.5) is 0 Å². The Balaban J connectivity index is 3.19. The fourth-order valence-electron chi connectivity index (χ4n) is 0.621. The number of nitrogens with one attached hydrogen (secondary N) is 1. The Labute approximate surface area is 72.5 Å². The zero-order valence-corrected chi connectivity index (χ0v) is 7.13. The van der Waals surface area contributed by atoms with E-state index in [0.717, 1.165) is 19.0 Å². The third kappa shape index (κ3) is 8.73. The lowest BCUT2D eigenvalue weighted by atomic mass is 10.4. The molecular formula is C9H13NO2. The zero-order valence-electron chi connectivity index (χ0n) is 7.13. The lowest BCUT2D eigenvalue weighted by molar-refractivity contribution is -0.131. The molecule has 0 aliphatic carbocycles. The number of hydrogen-bond acceptors (Lipinski definition) is 2. The molecule has 0 radical (unpaired) electrons. The van der Waals surface area contributed by atoms with Crippen molar-refractivity contribution in [1.82, 2.24) is 5.32 Å². The monoisotopic (exact) mass is 167 g/mol. The summed E-state index contributed by atoms with van der Waals surface area (Å²) in [5.41, 5.74) is 0. The molecule has 0 atom stereocenters. The first-order valence-corrected chi connectivity index (χ1v) is 3.77. The summed E-state index contributed by atoms with van der Waals surface area (Å²) in [5.74, 6) is 4.76. The molecule has 66 valence electrons. The third-order valence-corrected chi connectivity index (χ3v) is 1.13. The summed E-state index contributed by atoms with van der Waals surface area (Å²) in [6, 6.07) is 0. The average molecular weight is 167 g/mol. The van der Waals surface area contributed by atoms with Crippen molar-refractivity contribution in [2.45, 2.75) is 13.3 Å². The molecule has 3 nitrogen and oxygen atoms in total. The van der Waals surface area contributed by atoms with Crippen LogP contribution in [0, 0.1) is 11.8 Å². The molecule has 0 amide bonds. The van der Waals surface area contributed by atoms with Crippen molar-refractivity contribution in [2.75, 3.05) is 13.1 Å². The number of carboxylic acids is 1. The van der Waals surface area contributed by atoms with Crippen LogP contribution in [-0.2, 0) is 4.79 Å². The minimum absolute atomic E-state index is 0.581. The van der Waals surface area contributed by atoms with Gasteiger partial charge in [0, 0.05) is 25.6 Å². The molecule has 0 spiro atoms. The molecule has 0 aliphatic rings. The van der Waals surface area contributed by atoms with Gasteiger partial charge in [-0.15, -0.1) is 11.8 Å². The number of carbonyl (C=O) groups is 1. The molecule has 0 bridgehead atoms. The normalized spacial score (nSPS) is 9.42. The number of rotatable bonds is 5. The van der Waals surface area contributed by atoms with Crippen LogP contribution in [0.25, 0.3) is 0 Å². The molecule has 2 N–H and O–H groups in total. The molecule has 0 fully saturated rings. The van der Waals surface area contributed by atoms with Crippen LogP contribution in [0.3, 0.4) is 0 Å². The first-order chi connectivity index (χ1) is 5.77. The maximum Gasteiger partial charge on any atom is 0.328 e. The summed E-state index contributed by atoms with van der Waals surface area (Å²) in [6.07, 6.45) is 3.50. The first-order valence-electron chi connectivity index (χ1n) is 3.77. The largest absolute Gasteiger partial charge is 0.478 e. The Bertz CT molecular complexity index is 210. The second-order valence-corrected chi connectivity index (χ2v) is 2.12. The lowest BCUT2D eigenvalue weighted by Crippen LogP contribution is -2.14. The van der Waals surface area contributed by atoms with Gasteiger partial charge >= 0.3 is 5.97 Å². The highest BCUT2D eigenvalue weighted by Crippen LogP contribution is 1.74. The van der Waals surface area contributed by atoms with Gasteiger partial charge in [0.1, 0.15) is 0 Å². The van der Waals surface area contributed by atoms with E-state index in [4.69, 9.17) is 5.11 Å². The predicted molar refractivity (Wildman–Crippen MR) is 47.7 cm³/mol. The van der Waals surface area contributed by atoms with Crippen molar-refractivity contribution < 1.29 is 9.90 Å². The van der Waals surface area contributed by atoms with E-state index in [1.165, 1.54) is 0 Å². The third-order valence-electron chi connectivity index (χ3n) is 1.13. The van der Waals surface area contributed by atoms with Gasteiger partial charge in [-0.3, -0.25) is 0 Å². The van der Waals surface area contributed by atoms with E-state index in [1.54, 1.807) is 13.0 Å². The first kappa shape index (κ1) is 10.7. The van der Waals surface area contributed by atoms with Gasteiger partial charge in [0.05, 0.1) is 0 Å². The van der Waals surface area contributed by atoms with E-state index in [2.05, 4.69) is 17.2 Å². The summed E-state index contributed by atoms with van der Waals surface area (Å²) in [4.78, 5) is 10.00. The van der Waals surface area contributed by atoms with E-state index in [1.807, 2.05) is 0 Å². The smallest absolute Gasteiger partial charge is 0.328 e. The molecule has 0 heterocycles. The lowest BCUT2D eigenvalue weighted by Gasteiger charge is -1.94. The summed E-state index contributed by atoms with van der Waals surface area (Å²) < 4.78 is 0. The summed E-state index contributed by atoms with van der Waals surface area (Å²) in [7, 11) is 0. The molecule has 0 saturated heterocycles. The Hall–Kier alpha value is -1.27. The standard InChI is InChI=1S/C9H13NO2/c1-2-3-4-7-10-8-5-6-9(11)12/h5-6,10H,4,7-8H2,1H3,(H,11,12)/b6-5+. The predicted octanol–water partition coefficient (Wildman–Crippen LogP) is 0.630. The van der Waals surface area contributed by atoms with E-state index < -0.39 is 5.97 Å². The van der Waals surface area contributed by atoms with Crippen LogP contribution < -0.4 is 5.32 Å². The highest BCUT2D eigenvalue weighted by atomic mass is 16.4. The van der Waals surface area contributed by atoms with Crippen molar-refractivity contribution in [3.63, 3.8) is 0 Å². The highest BCUT2D eigenvalue weighted by molar-refractivity contribution is 5.79. The van der Waals surface area contributed by atoms with Gasteiger partial charge in [-0.05, 0) is 6.92 Å². The molecule has 0 unspecified atom stereocenters. The van der Waals surface area contributed by atoms with Gasteiger partial charge in [0.25, 0.3) is 0 Å². The average Bonchev–Trinajstić information content (AvgIpc) is 2.02. The van der Waals surface area contributed by atoms with Gasteiger partial charge in [0.15, 0.2) is 0 Å².